The highest BCUT2D eigenvalue weighted by atomic mass is 16.3. The molecule has 0 saturated heterocycles. The van der Waals surface area contributed by atoms with Crippen LogP contribution in [-0.2, 0) is 0 Å². The molecular weight excluding hydrogens is 360 g/mol. The Labute approximate surface area is 168 Å². The van der Waals surface area contributed by atoms with E-state index in [0.717, 1.165) is 0 Å². The van der Waals surface area contributed by atoms with Crippen LogP contribution in [0.2, 0.25) is 0 Å². The van der Waals surface area contributed by atoms with Gasteiger partial charge in [0.2, 0.25) is 0 Å². The zero-order valence-corrected chi connectivity index (χ0v) is 19.4. The first-order valence-electron chi connectivity index (χ1n) is 9.21. The molecule has 0 radical (unpaired) electrons. The van der Waals surface area contributed by atoms with Crippen LogP contribution in [0.4, 0.5) is 0 Å². The lowest BCUT2D eigenvalue weighted by Crippen LogP contribution is -1.57. The fourth-order valence-corrected chi connectivity index (χ4v) is 0. The second-order valence-corrected chi connectivity index (χ2v) is 2.85. The minimum Gasteiger partial charge on any atom is -0.397 e. The van der Waals surface area contributed by atoms with Crippen LogP contribution in [0.3, 0.4) is 0 Å². The summed E-state index contributed by atoms with van der Waals surface area (Å²) in [6.07, 6.45) is 0. The third-order valence-electron chi connectivity index (χ3n) is 0. The summed E-state index contributed by atoms with van der Waals surface area (Å²) in [5.74, 6) is 0. The summed E-state index contributed by atoms with van der Waals surface area (Å²) < 4.78 is 0. The predicted octanol–water partition coefficient (Wildman–Crippen LogP) is -0.0126. The molecule has 0 spiro atoms. The summed E-state index contributed by atoms with van der Waals surface area (Å²) in [5, 5.41) is 68.1. The van der Waals surface area contributed by atoms with E-state index in [4.69, 9.17) is 46.0 Å². The maximum atomic E-state index is 7.57. The molecule has 0 heterocycles. The van der Waals surface area contributed by atoms with Crippen LogP contribution in [0.25, 0.3) is 0 Å². The third-order valence-corrected chi connectivity index (χ3v) is 0. The molecule has 0 bridgehead atoms. The summed E-state index contributed by atoms with van der Waals surface area (Å²) in [6.45, 7) is 17.4. The second kappa shape index (κ2) is 209. The quantitative estimate of drug-likeness (QED) is 0.263. The molecule has 0 rings (SSSR count). The monoisotopic (exact) mass is 414 g/mol. The van der Waals surface area contributed by atoms with Gasteiger partial charge in [-0.1, -0.05) is 0 Å². The summed E-state index contributed by atoms with van der Waals surface area (Å²) >= 11 is 0. The highest BCUT2D eigenvalue weighted by Gasteiger charge is 1.36. The van der Waals surface area contributed by atoms with Gasteiger partial charge in [-0.2, -0.15) is 0 Å². The lowest BCUT2D eigenvalue weighted by Gasteiger charge is -1.52. The molecule has 0 aromatic heterocycles. The van der Waals surface area contributed by atoms with Gasteiger partial charge < -0.3 is 46.0 Å². The molecule has 0 unspecified atom stereocenters. The first-order chi connectivity index (χ1) is 12.7. The lowest BCUT2D eigenvalue weighted by atomic mass is 10.9. The third kappa shape index (κ3) is 111000. The molecule has 0 fully saturated rings. The van der Waals surface area contributed by atoms with E-state index in [0.29, 0.717) is 0 Å². The topological polar surface area (TPSA) is 182 Å². The zero-order valence-electron chi connectivity index (χ0n) is 19.4. The fourth-order valence-electron chi connectivity index (χ4n) is 0. The van der Waals surface area contributed by atoms with Gasteiger partial charge in [-0.05, 0) is 62.3 Å². The molecule has 0 aromatic rings. The van der Waals surface area contributed by atoms with Crippen LogP contribution in [0.1, 0.15) is 62.3 Å². The summed E-state index contributed by atoms with van der Waals surface area (Å²) in [5.41, 5.74) is 0. The Morgan fingerprint density at radius 3 is 0.222 bits per heavy atom. The van der Waals surface area contributed by atoms with Crippen LogP contribution in [-0.4, -0.2) is 105 Å². The first-order valence-corrected chi connectivity index (χ1v) is 9.21. The van der Waals surface area contributed by atoms with E-state index >= 15 is 0 Å². The van der Waals surface area contributed by atoms with Gasteiger partial charge in [-0.15, -0.1) is 0 Å². The molecule has 27 heavy (non-hydrogen) atoms. The minimum atomic E-state index is 0.250. The molecule has 0 aliphatic rings. The second-order valence-electron chi connectivity index (χ2n) is 2.85. The average molecular weight is 415 g/mol. The Balaban J connectivity index is -0.0000000193. The Hall–Kier alpha value is -0.360. The summed E-state index contributed by atoms with van der Waals surface area (Å²) in [6, 6.07) is 0. The van der Waals surface area contributed by atoms with Gasteiger partial charge in [0.1, 0.15) is 0 Å². The van der Waals surface area contributed by atoms with Crippen molar-refractivity contribution in [2.45, 2.75) is 62.3 Å². The number of rotatable bonds is 0. The predicted molar refractivity (Wildman–Crippen MR) is 115 cm³/mol. The van der Waals surface area contributed by atoms with Crippen molar-refractivity contribution in [2.24, 2.45) is 0 Å². The standard InChI is InChI=1S/9C2H6O/c9*1-2-3/h9*3H,2H2,1H3. The number of hydrogen-bond donors (Lipinski definition) is 9. The average Bonchev–Trinajstić information content (AvgIpc) is 2.53. The van der Waals surface area contributed by atoms with Crippen molar-refractivity contribution in [2.75, 3.05) is 59.5 Å². The molecule has 0 atom stereocenters. The molecule has 0 aliphatic carbocycles. The van der Waals surface area contributed by atoms with Crippen molar-refractivity contribution in [3.8, 4) is 0 Å². The van der Waals surface area contributed by atoms with Gasteiger partial charge in [0.25, 0.3) is 0 Å². The van der Waals surface area contributed by atoms with Crippen molar-refractivity contribution in [3.05, 3.63) is 0 Å². The molecule has 0 amide bonds. The largest absolute Gasteiger partial charge is 0.397 e. The molecule has 9 heteroatoms. The molecule has 9 nitrogen and oxygen atoms in total. The molecule has 0 saturated carbocycles. The van der Waals surface area contributed by atoms with Crippen molar-refractivity contribution in [3.63, 3.8) is 0 Å². The zero-order chi connectivity index (χ0) is 24.4. The van der Waals surface area contributed by atoms with Gasteiger partial charge in [0, 0.05) is 59.5 Å². The number of hydrogen-bond acceptors (Lipinski definition) is 9. The molecule has 9 N–H and O–H groups in total. The number of aliphatic hydroxyl groups excluding tert-OH is 9. The Morgan fingerprint density at radius 1 is 0.222 bits per heavy atom. The van der Waals surface area contributed by atoms with Gasteiger partial charge in [-0.25, -0.2) is 0 Å². The van der Waals surface area contributed by atoms with Crippen LogP contribution >= 0.6 is 0 Å². The fraction of sp³-hybridized carbons (Fsp3) is 1.00. The molecule has 0 aliphatic heterocycles. The maximum Gasteiger partial charge on any atom is 0.0402 e. The van der Waals surface area contributed by atoms with E-state index in [-0.39, 0.29) is 59.5 Å². The van der Waals surface area contributed by atoms with Crippen molar-refractivity contribution < 1.29 is 46.0 Å². The van der Waals surface area contributed by atoms with Crippen LogP contribution in [0, 0.1) is 0 Å². The van der Waals surface area contributed by atoms with E-state index in [1.165, 1.54) is 0 Å². The Bertz CT molecular complexity index is 53.3. The van der Waals surface area contributed by atoms with Crippen LogP contribution < -0.4 is 0 Å². The van der Waals surface area contributed by atoms with E-state index < -0.39 is 0 Å². The highest BCUT2D eigenvalue weighted by Crippen LogP contribution is 1.32. The van der Waals surface area contributed by atoms with Gasteiger partial charge in [0.15, 0.2) is 0 Å². The minimum absolute atomic E-state index is 0.250. The highest BCUT2D eigenvalue weighted by molar-refractivity contribution is 3.86. The number of aliphatic hydroxyl groups is 9. The van der Waals surface area contributed by atoms with Crippen molar-refractivity contribution in [1.82, 2.24) is 0 Å². The SMILES string of the molecule is CCO.CCO.CCO.CCO.CCO.CCO.CCO.CCO.CCO. The smallest absolute Gasteiger partial charge is 0.0402 e. The maximum absolute atomic E-state index is 7.57. The van der Waals surface area contributed by atoms with E-state index in [1.54, 1.807) is 62.3 Å². The summed E-state index contributed by atoms with van der Waals surface area (Å²) in [4.78, 5) is 0. The molecule has 0 aromatic carbocycles. The molecule has 180 valence electrons. The van der Waals surface area contributed by atoms with E-state index in [2.05, 4.69) is 0 Å². The first kappa shape index (κ1) is 56.3. The van der Waals surface area contributed by atoms with Gasteiger partial charge in [0.05, 0.1) is 0 Å². The van der Waals surface area contributed by atoms with Crippen LogP contribution in [0.15, 0.2) is 0 Å². The summed E-state index contributed by atoms with van der Waals surface area (Å²) in [7, 11) is 0. The van der Waals surface area contributed by atoms with Gasteiger partial charge in [-0.3, -0.25) is 0 Å². The van der Waals surface area contributed by atoms with Crippen LogP contribution in [0.5, 0.6) is 0 Å². The Morgan fingerprint density at radius 2 is 0.222 bits per heavy atom. The van der Waals surface area contributed by atoms with E-state index in [1.807, 2.05) is 0 Å². The lowest BCUT2D eigenvalue weighted by molar-refractivity contribution is 0.318. The van der Waals surface area contributed by atoms with Crippen molar-refractivity contribution in [1.29, 1.82) is 0 Å². The van der Waals surface area contributed by atoms with E-state index in [9.17, 15) is 0 Å². The molecular formula is C18H54O9. The van der Waals surface area contributed by atoms with Gasteiger partial charge >= 0.3 is 0 Å². The van der Waals surface area contributed by atoms with Crippen molar-refractivity contribution >= 4 is 0 Å². The Kier molecular flexibility index (Phi) is 435. The normalized spacial score (nSPS) is 6.00.